The number of alkyl halides is 2. The number of benzene rings is 2. The molecule has 3 aromatic rings. The molecule has 2 aromatic carbocycles. The Hall–Kier alpha value is -3.32. The highest BCUT2D eigenvalue weighted by Crippen LogP contribution is 2.48. The van der Waals surface area contributed by atoms with Crippen molar-refractivity contribution >= 4 is 29.2 Å². The predicted molar refractivity (Wildman–Crippen MR) is 122 cm³/mol. The van der Waals surface area contributed by atoms with Gasteiger partial charge in [0.25, 0.3) is 5.92 Å². The van der Waals surface area contributed by atoms with Gasteiger partial charge in [0.1, 0.15) is 5.69 Å². The van der Waals surface area contributed by atoms with E-state index in [0.717, 1.165) is 5.56 Å². The number of carbonyl (C=O) groups excluding carboxylic acids is 1. The van der Waals surface area contributed by atoms with Gasteiger partial charge in [-0.2, -0.15) is 8.78 Å². The van der Waals surface area contributed by atoms with Crippen LogP contribution in [0.4, 0.5) is 14.5 Å². The zero-order chi connectivity index (χ0) is 23.8. The third kappa shape index (κ3) is 4.88. The fourth-order valence-corrected chi connectivity index (χ4v) is 3.93. The van der Waals surface area contributed by atoms with Crippen molar-refractivity contribution < 1.29 is 23.5 Å². The highest BCUT2D eigenvalue weighted by Gasteiger charge is 2.44. The summed E-state index contributed by atoms with van der Waals surface area (Å²) in [7, 11) is 0. The lowest BCUT2D eigenvalue weighted by Gasteiger charge is -2.14. The summed E-state index contributed by atoms with van der Waals surface area (Å²) in [5.74, 6) is -4.53. The van der Waals surface area contributed by atoms with Crippen LogP contribution in [-0.2, 0) is 10.7 Å². The molecule has 5 nitrogen and oxygen atoms in total. The van der Waals surface area contributed by atoms with Crippen LogP contribution in [0, 0.1) is 5.92 Å². The first kappa shape index (κ1) is 22.9. The van der Waals surface area contributed by atoms with Crippen molar-refractivity contribution in [3.05, 3.63) is 82.6 Å². The number of hydrogen-bond acceptors (Lipinski definition) is 3. The van der Waals surface area contributed by atoms with Gasteiger partial charge in [-0.1, -0.05) is 42.8 Å². The number of carbonyl (C=O) groups is 2. The normalized spacial score (nSPS) is 17.5. The molecular weight excluding hydrogens is 450 g/mol. The van der Waals surface area contributed by atoms with E-state index in [2.05, 4.69) is 10.3 Å². The van der Waals surface area contributed by atoms with Crippen molar-refractivity contribution in [2.45, 2.75) is 31.6 Å². The van der Waals surface area contributed by atoms with Crippen LogP contribution in [0.15, 0.2) is 60.8 Å². The van der Waals surface area contributed by atoms with Crippen LogP contribution in [0.3, 0.4) is 0 Å². The number of carboxylic acid groups (broad SMARTS) is 1. The molecule has 1 amide bonds. The zero-order valence-electron chi connectivity index (χ0n) is 17.7. The Morgan fingerprint density at radius 3 is 2.48 bits per heavy atom. The third-order valence-corrected chi connectivity index (χ3v) is 6.09. The quantitative estimate of drug-likeness (QED) is 0.422. The smallest absolute Gasteiger partial charge is 0.336 e. The van der Waals surface area contributed by atoms with Crippen LogP contribution in [0.25, 0.3) is 11.1 Å². The van der Waals surface area contributed by atoms with Crippen molar-refractivity contribution in [1.29, 1.82) is 0 Å². The molecule has 33 heavy (non-hydrogen) atoms. The number of nitrogens with zero attached hydrogens (tertiary/aromatic N) is 1. The number of amides is 1. The van der Waals surface area contributed by atoms with Crippen molar-refractivity contribution in [3.8, 4) is 11.1 Å². The number of halogens is 3. The van der Waals surface area contributed by atoms with E-state index < -0.39 is 11.9 Å². The Labute approximate surface area is 194 Å². The van der Waals surface area contributed by atoms with Gasteiger partial charge in [-0.15, -0.1) is 0 Å². The molecule has 8 heteroatoms. The Balaban J connectivity index is 1.51. The average Bonchev–Trinajstić information content (AvgIpc) is 3.61. The minimum Gasteiger partial charge on any atom is -0.478 e. The van der Waals surface area contributed by atoms with Gasteiger partial charge in [0.15, 0.2) is 0 Å². The first-order chi connectivity index (χ1) is 15.7. The molecule has 0 bridgehead atoms. The number of aromatic carboxylic acids is 1. The third-order valence-electron chi connectivity index (χ3n) is 5.84. The van der Waals surface area contributed by atoms with Crippen LogP contribution in [0.1, 0.15) is 47.3 Å². The molecule has 0 radical (unpaired) electrons. The van der Waals surface area contributed by atoms with Crippen LogP contribution in [0.5, 0.6) is 0 Å². The second-order valence-corrected chi connectivity index (χ2v) is 8.48. The Morgan fingerprint density at radius 1 is 1.15 bits per heavy atom. The maximum atomic E-state index is 13.8. The highest BCUT2D eigenvalue weighted by atomic mass is 35.5. The first-order valence-electron chi connectivity index (χ1n) is 10.5. The fourth-order valence-electron chi connectivity index (χ4n) is 3.80. The molecule has 2 N–H and O–H groups in total. The number of carboxylic acids is 1. The summed E-state index contributed by atoms with van der Waals surface area (Å²) in [5.41, 5.74) is 1.68. The van der Waals surface area contributed by atoms with Gasteiger partial charge < -0.3 is 10.4 Å². The molecule has 170 valence electrons. The summed E-state index contributed by atoms with van der Waals surface area (Å²) < 4.78 is 27.6. The molecular formula is C25H21ClF2N2O3. The van der Waals surface area contributed by atoms with Crippen molar-refractivity contribution in [3.63, 3.8) is 0 Å². The molecule has 2 unspecified atom stereocenters. The van der Waals surface area contributed by atoms with Crippen LogP contribution < -0.4 is 5.32 Å². The summed E-state index contributed by atoms with van der Waals surface area (Å²) >= 11 is 5.91. The highest BCUT2D eigenvalue weighted by molar-refractivity contribution is 6.30. The van der Waals surface area contributed by atoms with Gasteiger partial charge in [-0.25, -0.2) is 4.79 Å². The van der Waals surface area contributed by atoms with Gasteiger partial charge in [0.2, 0.25) is 5.91 Å². The molecule has 1 saturated carbocycles. The van der Waals surface area contributed by atoms with Crippen LogP contribution in [-0.4, -0.2) is 22.0 Å². The summed E-state index contributed by atoms with van der Waals surface area (Å²) in [6.07, 6.45) is 1.56. The molecule has 0 spiro atoms. The fraction of sp³-hybridized carbons (Fsp3) is 0.240. The number of hydrogen-bond donors (Lipinski definition) is 2. The summed E-state index contributed by atoms with van der Waals surface area (Å²) in [6, 6.07) is 14.5. The number of pyridine rings is 1. The predicted octanol–water partition coefficient (Wildman–Crippen LogP) is 6.34. The average molecular weight is 471 g/mol. The van der Waals surface area contributed by atoms with Gasteiger partial charge in [-0.05, 0) is 53.8 Å². The molecule has 2 atom stereocenters. The monoisotopic (exact) mass is 470 g/mol. The number of nitrogens with one attached hydrogen (secondary N) is 1. The molecule has 0 aliphatic heterocycles. The molecule has 0 saturated heterocycles. The van der Waals surface area contributed by atoms with Gasteiger partial charge >= 0.3 is 5.97 Å². The summed E-state index contributed by atoms with van der Waals surface area (Å²) in [6.45, 7) is 1.37. The van der Waals surface area contributed by atoms with Crippen molar-refractivity contribution in [1.82, 2.24) is 4.98 Å². The van der Waals surface area contributed by atoms with E-state index in [1.165, 1.54) is 37.4 Å². The van der Waals surface area contributed by atoms with E-state index in [0.29, 0.717) is 28.3 Å². The maximum Gasteiger partial charge on any atom is 0.336 e. The van der Waals surface area contributed by atoms with Crippen LogP contribution in [0.2, 0.25) is 5.02 Å². The molecule has 1 aliphatic carbocycles. The molecule has 4 rings (SSSR count). The zero-order valence-corrected chi connectivity index (χ0v) is 18.4. The molecule has 1 fully saturated rings. The second kappa shape index (κ2) is 8.90. The van der Waals surface area contributed by atoms with E-state index in [9.17, 15) is 23.5 Å². The molecule has 1 heterocycles. The van der Waals surface area contributed by atoms with Gasteiger partial charge in [0.05, 0.1) is 5.56 Å². The van der Waals surface area contributed by atoms with Gasteiger partial charge in [-0.3, -0.25) is 9.78 Å². The van der Waals surface area contributed by atoms with E-state index in [-0.39, 0.29) is 35.4 Å². The van der Waals surface area contributed by atoms with Crippen LogP contribution >= 0.6 is 11.6 Å². The Morgan fingerprint density at radius 2 is 1.88 bits per heavy atom. The van der Waals surface area contributed by atoms with E-state index in [4.69, 9.17) is 11.6 Å². The maximum absolute atomic E-state index is 13.8. The van der Waals surface area contributed by atoms with Crippen molar-refractivity contribution in [2.24, 2.45) is 5.92 Å². The number of rotatable bonds is 7. The van der Waals surface area contributed by atoms with E-state index >= 15 is 0 Å². The largest absolute Gasteiger partial charge is 0.478 e. The minimum absolute atomic E-state index is 0.0605. The van der Waals surface area contributed by atoms with Gasteiger partial charge in [0, 0.05) is 34.8 Å². The lowest BCUT2D eigenvalue weighted by atomic mass is 9.99. The van der Waals surface area contributed by atoms with E-state index in [1.807, 2.05) is 12.1 Å². The lowest BCUT2D eigenvalue weighted by Crippen LogP contribution is -2.15. The van der Waals surface area contributed by atoms with Crippen molar-refractivity contribution in [2.75, 3.05) is 5.32 Å². The minimum atomic E-state index is -3.05. The number of anilines is 1. The summed E-state index contributed by atoms with van der Waals surface area (Å²) in [5, 5.41) is 13.1. The molecule has 1 aromatic heterocycles. The second-order valence-electron chi connectivity index (χ2n) is 8.05. The Kier molecular flexibility index (Phi) is 6.17. The molecule has 1 aliphatic rings. The summed E-state index contributed by atoms with van der Waals surface area (Å²) in [4.78, 5) is 28.3. The first-order valence-corrected chi connectivity index (χ1v) is 10.9. The standard InChI is InChI=1S/C25H21ClF2N2O3/c1-2-25(27,28)22-10-5-15(13-29-22)18-9-8-17(11-21(18)24(32)33)30-23(31)20-12-19(20)14-3-6-16(26)7-4-14/h3-11,13,19-20H,2,12H2,1H3,(H,30,31)(H,32,33). The number of aromatic nitrogens is 1. The Bertz CT molecular complexity index is 1200. The lowest BCUT2D eigenvalue weighted by molar-refractivity contribution is -0.117. The van der Waals surface area contributed by atoms with E-state index in [1.54, 1.807) is 18.2 Å². The topological polar surface area (TPSA) is 79.3 Å². The SMILES string of the molecule is CCC(F)(F)c1ccc(-c2ccc(NC(=O)C3CC3c3ccc(Cl)cc3)cc2C(=O)O)cn1.